The Morgan fingerprint density at radius 3 is 2.14 bits per heavy atom. The first-order valence-electron chi connectivity index (χ1n) is 8.81. The van der Waals surface area contributed by atoms with E-state index in [1.807, 2.05) is 6.92 Å². The van der Waals surface area contributed by atoms with Gasteiger partial charge in [-0.25, -0.2) is 8.42 Å². The molecule has 1 aliphatic heterocycles. The van der Waals surface area contributed by atoms with E-state index in [-0.39, 0.29) is 42.7 Å². The molecule has 148 valence electrons. The molecule has 0 unspecified atom stereocenters. The van der Waals surface area contributed by atoms with Gasteiger partial charge in [0.2, 0.25) is 10.0 Å². The van der Waals surface area contributed by atoms with E-state index >= 15 is 0 Å². The lowest BCUT2D eigenvalue weighted by Crippen LogP contribution is -2.50. The van der Waals surface area contributed by atoms with Gasteiger partial charge >= 0.3 is 0 Å². The number of benzene rings is 2. The molecule has 0 spiro atoms. The van der Waals surface area contributed by atoms with Crippen LogP contribution in [0.1, 0.15) is 21.5 Å². The topological polar surface area (TPSA) is 101 Å². The summed E-state index contributed by atoms with van der Waals surface area (Å²) < 4.78 is 26.9. The van der Waals surface area contributed by atoms with Crippen LogP contribution in [0, 0.1) is 24.0 Å². The quantitative estimate of drug-likeness (QED) is 0.576. The minimum absolute atomic E-state index is 0.0365. The fourth-order valence-electron chi connectivity index (χ4n) is 3.17. The second-order valence-electron chi connectivity index (χ2n) is 6.77. The highest BCUT2D eigenvalue weighted by Gasteiger charge is 2.30. The van der Waals surface area contributed by atoms with Crippen molar-refractivity contribution in [1.29, 1.82) is 0 Å². The van der Waals surface area contributed by atoms with Gasteiger partial charge in [-0.1, -0.05) is 17.7 Å². The third-order valence-corrected chi connectivity index (χ3v) is 6.74. The fourth-order valence-corrected chi connectivity index (χ4v) is 4.59. The van der Waals surface area contributed by atoms with Crippen LogP contribution >= 0.6 is 0 Å². The van der Waals surface area contributed by atoms with Gasteiger partial charge in [0.25, 0.3) is 11.6 Å². The summed E-state index contributed by atoms with van der Waals surface area (Å²) in [5.41, 5.74) is 1.72. The molecule has 1 heterocycles. The zero-order valence-electron chi connectivity index (χ0n) is 15.7. The number of amides is 1. The molecule has 1 saturated heterocycles. The van der Waals surface area contributed by atoms with Gasteiger partial charge in [-0.15, -0.1) is 0 Å². The molecular formula is C19H21N3O5S. The van der Waals surface area contributed by atoms with Crippen molar-refractivity contribution in [2.45, 2.75) is 18.7 Å². The molecule has 0 saturated carbocycles. The Labute approximate surface area is 163 Å². The Bertz CT molecular complexity index is 1010. The van der Waals surface area contributed by atoms with Crippen molar-refractivity contribution >= 4 is 21.6 Å². The lowest BCUT2D eigenvalue weighted by atomic mass is 10.1. The minimum Gasteiger partial charge on any atom is -0.336 e. The van der Waals surface area contributed by atoms with Crippen LogP contribution in [0.4, 0.5) is 5.69 Å². The number of nitro groups is 1. The summed E-state index contributed by atoms with van der Waals surface area (Å²) >= 11 is 0. The molecular weight excluding hydrogens is 382 g/mol. The Kier molecular flexibility index (Phi) is 5.48. The molecule has 0 N–H and O–H groups in total. The van der Waals surface area contributed by atoms with Crippen LogP contribution in [0.15, 0.2) is 47.4 Å². The standard InChI is InChI=1S/C19H21N3O5S/c1-14-3-6-17(7-4-14)28(26,27)21-11-9-20(10-12-21)19(23)16-5-8-18(22(24)25)15(2)13-16/h3-8,13H,9-12H2,1-2H3. The van der Waals surface area contributed by atoms with E-state index < -0.39 is 14.9 Å². The monoisotopic (exact) mass is 403 g/mol. The van der Waals surface area contributed by atoms with Crippen LogP contribution in [0.2, 0.25) is 0 Å². The predicted octanol–water partition coefficient (Wildman–Crippen LogP) is 2.36. The number of sulfonamides is 1. The molecule has 0 atom stereocenters. The van der Waals surface area contributed by atoms with Gasteiger partial charge in [0.15, 0.2) is 0 Å². The maximum atomic E-state index is 12.7. The zero-order valence-corrected chi connectivity index (χ0v) is 16.5. The van der Waals surface area contributed by atoms with E-state index in [4.69, 9.17) is 0 Å². The van der Waals surface area contributed by atoms with Crippen LogP contribution < -0.4 is 0 Å². The Hall–Kier alpha value is -2.78. The summed E-state index contributed by atoms with van der Waals surface area (Å²) in [5, 5.41) is 10.9. The van der Waals surface area contributed by atoms with E-state index in [1.54, 1.807) is 36.1 Å². The molecule has 2 aromatic rings. The van der Waals surface area contributed by atoms with Crippen LogP contribution in [0.25, 0.3) is 0 Å². The number of nitrogens with zero attached hydrogens (tertiary/aromatic N) is 3. The lowest BCUT2D eigenvalue weighted by molar-refractivity contribution is -0.385. The molecule has 0 aromatic heterocycles. The predicted molar refractivity (Wildman–Crippen MR) is 104 cm³/mol. The molecule has 3 rings (SSSR count). The van der Waals surface area contributed by atoms with E-state index in [2.05, 4.69) is 0 Å². The molecule has 0 bridgehead atoms. The van der Waals surface area contributed by atoms with E-state index in [1.165, 1.54) is 22.5 Å². The second-order valence-corrected chi connectivity index (χ2v) is 8.71. The summed E-state index contributed by atoms with van der Waals surface area (Å²) in [6.45, 7) is 4.41. The summed E-state index contributed by atoms with van der Waals surface area (Å²) in [6, 6.07) is 10.9. The fraction of sp³-hybridized carbons (Fsp3) is 0.316. The minimum atomic E-state index is -3.59. The number of carbonyl (C=O) groups excluding carboxylic acids is 1. The average Bonchev–Trinajstić information content (AvgIpc) is 2.67. The van der Waals surface area contributed by atoms with E-state index in [0.717, 1.165) is 5.56 Å². The van der Waals surface area contributed by atoms with Crippen LogP contribution in [0.5, 0.6) is 0 Å². The highest BCUT2D eigenvalue weighted by molar-refractivity contribution is 7.89. The normalized spacial score (nSPS) is 15.4. The third kappa shape index (κ3) is 3.90. The first-order chi connectivity index (χ1) is 13.2. The number of hydrogen-bond donors (Lipinski definition) is 0. The Morgan fingerprint density at radius 2 is 1.61 bits per heavy atom. The molecule has 9 heteroatoms. The molecule has 0 radical (unpaired) electrons. The van der Waals surface area contributed by atoms with Gasteiger partial charge < -0.3 is 4.90 Å². The van der Waals surface area contributed by atoms with E-state index in [0.29, 0.717) is 11.1 Å². The SMILES string of the molecule is Cc1ccc(S(=O)(=O)N2CCN(C(=O)c3ccc([N+](=O)[O-])c(C)c3)CC2)cc1. The van der Waals surface area contributed by atoms with Gasteiger partial charge in [-0.05, 0) is 38.1 Å². The third-order valence-electron chi connectivity index (χ3n) is 4.83. The molecule has 1 amide bonds. The van der Waals surface area contributed by atoms with Crippen LogP contribution in [-0.4, -0.2) is 54.6 Å². The number of rotatable bonds is 4. The van der Waals surface area contributed by atoms with Crippen molar-refractivity contribution in [3.8, 4) is 0 Å². The smallest absolute Gasteiger partial charge is 0.272 e. The van der Waals surface area contributed by atoms with Gasteiger partial charge in [0, 0.05) is 43.4 Å². The number of nitro benzene ring substituents is 1. The molecule has 1 aliphatic rings. The van der Waals surface area contributed by atoms with Gasteiger partial charge in [-0.2, -0.15) is 4.31 Å². The number of piperazine rings is 1. The van der Waals surface area contributed by atoms with Gasteiger partial charge in [0.1, 0.15) is 0 Å². The summed E-state index contributed by atoms with van der Waals surface area (Å²) in [5.74, 6) is -0.259. The highest BCUT2D eigenvalue weighted by Crippen LogP contribution is 2.22. The highest BCUT2D eigenvalue weighted by atomic mass is 32.2. The Balaban J connectivity index is 1.69. The van der Waals surface area contributed by atoms with Crippen molar-refractivity contribution in [2.75, 3.05) is 26.2 Å². The van der Waals surface area contributed by atoms with Gasteiger partial charge in [-0.3, -0.25) is 14.9 Å². The summed E-state index contributed by atoms with van der Waals surface area (Å²) in [7, 11) is -3.59. The number of hydrogen-bond acceptors (Lipinski definition) is 5. The number of carbonyl (C=O) groups is 1. The van der Waals surface area contributed by atoms with Gasteiger partial charge in [0.05, 0.1) is 9.82 Å². The lowest BCUT2D eigenvalue weighted by Gasteiger charge is -2.34. The van der Waals surface area contributed by atoms with Crippen LogP contribution in [0.3, 0.4) is 0 Å². The molecule has 28 heavy (non-hydrogen) atoms. The maximum Gasteiger partial charge on any atom is 0.272 e. The van der Waals surface area contributed by atoms with Crippen molar-refractivity contribution in [1.82, 2.24) is 9.21 Å². The molecule has 2 aromatic carbocycles. The average molecular weight is 403 g/mol. The molecule has 8 nitrogen and oxygen atoms in total. The molecule has 1 fully saturated rings. The van der Waals surface area contributed by atoms with E-state index in [9.17, 15) is 23.3 Å². The molecule has 0 aliphatic carbocycles. The Morgan fingerprint density at radius 1 is 1.00 bits per heavy atom. The largest absolute Gasteiger partial charge is 0.336 e. The summed E-state index contributed by atoms with van der Waals surface area (Å²) in [6.07, 6.45) is 0. The van der Waals surface area contributed by atoms with Crippen LogP contribution in [-0.2, 0) is 10.0 Å². The zero-order chi connectivity index (χ0) is 20.5. The van der Waals surface area contributed by atoms with Crippen molar-refractivity contribution in [3.05, 3.63) is 69.3 Å². The van der Waals surface area contributed by atoms with Crippen molar-refractivity contribution in [3.63, 3.8) is 0 Å². The number of aryl methyl sites for hydroxylation is 2. The maximum absolute atomic E-state index is 12.7. The van der Waals surface area contributed by atoms with Crippen molar-refractivity contribution in [2.24, 2.45) is 0 Å². The first kappa shape index (κ1) is 20.0. The van der Waals surface area contributed by atoms with Crippen molar-refractivity contribution < 1.29 is 18.1 Å². The summed E-state index contributed by atoms with van der Waals surface area (Å²) in [4.78, 5) is 24.9. The second kappa shape index (κ2) is 7.69. The first-order valence-corrected chi connectivity index (χ1v) is 10.3.